The van der Waals surface area contributed by atoms with Crippen LogP contribution in [0.2, 0.25) is 0 Å². The van der Waals surface area contributed by atoms with Crippen molar-refractivity contribution in [2.24, 2.45) is 10.4 Å². The number of amides is 2. The first-order valence-electron chi connectivity index (χ1n) is 6.35. The summed E-state index contributed by atoms with van der Waals surface area (Å²) >= 11 is 0. The number of carbonyl (C=O) groups excluding carboxylic acids is 2. The van der Waals surface area contributed by atoms with Crippen LogP contribution in [0.15, 0.2) is 4.99 Å². The number of nitrogens with one attached hydrogen (secondary N) is 2. The highest BCUT2D eigenvalue weighted by atomic mass is 16.6. The molecule has 1 saturated heterocycles. The van der Waals surface area contributed by atoms with Crippen LogP contribution in [-0.2, 0) is 9.53 Å². The van der Waals surface area contributed by atoms with Crippen LogP contribution in [0.1, 0.15) is 48.0 Å². The second kappa shape index (κ2) is 5.19. The Bertz CT molecular complexity index is 402. The van der Waals surface area contributed by atoms with Gasteiger partial charge >= 0.3 is 6.09 Å². The number of rotatable bonds is 1. The second-order valence-electron chi connectivity index (χ2n) is 6.89. The van der Waals surface area contributed by atoms with Gasteiger partial charge in [-0.25, -0.2) is 4.79 Å². The summed E-state index contributed by atoms with van der Waals surface area (Å²) in [6.45, 7) is 11.4. The lowest BCUT2D eigenvalue weighted by Crippen LogP contribution is -2.33. The molecule has 19 heavy (non-hydrogen) atoms. The van der Waals surface area contributed by atoms with E-state index in [0.717, 1.165) is 0 Å². The molecule has 0 aromatic rings. The van der Waals surface area contributed by atoms with Crippen molar-refractivity contribution in [3.63, 3.8) is 0 Å². The lowest BCUT2D eigenvalue weighted by Gasteiger charge is -2.21. The third kappa shape index (κ3) is 5.72. The molecule has 0 radical (unpaired) electrons. The number of guanidine groups is 1. The molecule has 1 fully saturated rings. The van der Waals surface area contributed by atoms with E-state index in [1.165, 1.54) is 0 Å². The number of hydrogen-bond acceptors (Lipinski definition) is 3. The first-order chi connectivity index (χ1) is 8.46. The van der Waals surface area contributed by atoms with Crippen molar-refractivity contribution < 1.29 is 14.3 Å². The molecule has 2 N–H and O–H groups in total. The molecular formula is C13H23N3O3. The molecule has 1 aliphatic rings. The maximum Gasteiger partial charge on any atom is 0.437 e. The summed E-state index contributed by atoms with van der Waals surface area (Å²) in [6.07, 6.45) is -0.0571. The van der Waals surface area contributed by atoms with E-state index < -0.39 is 11.7 Å². The topological polar surface area (TPSA) is 79.8 Å². The summed E-state index contributed by atoms with van der Waals surface area (Å²) < 4.78 is 5.05. The molecule has 6 heteroatoms. The molecule has 0 saturated carbocycles. The van der Waals surface area contributed by atoms with Gasteiger partial charge in [-0.05, 0) is 32.6 Å². The van der Waals surface area contributed by atoms with Gasteiger partial charge in [-0.1, -0.05) is 20.8 Å². The molecule has 0 aromatic heterocycles. The van der Waals surface area contributed by atoms with Gasteiger partial charge in [-0.3, -0.25) is 10.1 Å². The Morgan fingerprint density at radius 3 is 2.32 bits per heavy atom. The smallest absolute Gasteiger partial charge is 0.437 e. The summed E-state index contributed by atoms with van der Waals surface area (Å²) in [5, 5.41) is 5.44. The number of aliphatic imine (C=N–C) groups is 1. The molecule has 1 heterocycles. The quantitative estimate of drug-likeness (QED) is 0.760. The molecule has 6 nitrogen and oxygen atoms in total. The number of ether oxygens (including phenoxy) is 1. The van der Waals surface area contributed by atoms with Gasteiger partial charge in [0.15, 0.2) is 0 Å². The SMILES string of the molecule is CC(C)(C)CC1NC(=NC(=O)OC(C)(C)C)NC1=O. The highest BCUT2D eigenvalue weighted by Crippen LogP contribution is 2.22. The highest BCUT2D eigenvalue weighted by Gasteiger charge is 2.32. The van der Waals surface area contributed by atoms with E-state index in [1.807, 2.05) is 20.8 Å². The van der Waals surface area contributed by atoms with E-state index in [4.69, 9.17) is 4.74 Å². The van der Waals surface area contributed by atoms with Crippen molar-refractivity contribution in [1.29, 1.82) is 0 Å². The van der Waals surface area contributed by atoms with Crippen molar-refractivity contribution in [2.45, 2.75) is 59.6 Å². The fraction of sp³-hybridized carbons (Fsp3) is 0.769. The summed E-state index contributed by atoms with van der Waals surface area (Å²) in [6, 6.07) is -0.360. The maximum atomic E-state index is 11.7. The van der Waals surface area contributed by atoms with Crippen molar-refractivity contribution >= 4 is 18.0 Å². The van der Waals surface area contributed by atoms with Crippen LogP contribution in [0, 0.1) is 5.41 Å². The summed E-state index contributed by atoms with van der Waals surface area (Å²) in [5.74, 6) is -0.00858. The predicted octanol–water partition coefficient (Wildman–Crippen LogP) is 1.80. The van der Waals surface area contributed by atoms with Gasteiger partial charge in [0, 0.05) is 0 Å². The molecule has 0 bridgehead atoms. The zero-order valence-corrected chi connectivity index (χ0v) is 12.5. The van der Waals surface area contributed by atoms with Gasteiger partial charge in [0.25, 0.3) is 0 Å². The Hall–Kier alpha value is -1.59. The Labute approximate surface area is 114 Å². The Kier molecular flexibility index (Phi) is 4.22. The van der Waals surface area contributed by atoms with Crippen LogP contribution in [0.25, 0.3) is 0 Å². The van der Waals surface area contributed by atoms with E-state index in [9.17, 15) is 9.59 Å². The maximum absolute atomic E-state index is 11.7. The lowest BCUT2D eigenvalue weighted by molar-refractivity contribution is -0.120. The van der Waals surface area contributed by atoms with Crippen LogP contribution < -0.4 is 10.6 Å². The van der Waals surface area contributed by atoms with Crippen molar-refractivity contribution in [3.8, 4) is 0 Å². The van der Waals surface area contributed by atoms with Crippen LogP contribution >= 0.6 is 0 Å². The molecule has 108 valence electrons. The standard InChI is InChI=1S/C13H23N3O3/c1-12(2,3)7-8-9(17)15-10(14-8)16-11(18)19-13(4,5)6/h8H,7H2,1-6H3,(H2,14,15,16,17,18). The van der Waals surface area contributed by atoms with E-state index in [-0.39, 0.29) is 23.3 Å². The highest BCUT2D eigenvalue weighted by molar-refractivity contribution is 6.08. The summed E-state index contributed by atoms with van der Waals surface area (Å²) in [7, 11) is 0. The predicted molar refractivity (Wildman–Crippen MR) is 72.8 cm³/mol. The minimum atomic E-state index is -0.716. The molecular weight excluding hydrogens is 246 g/mol. The minimum absolute atomic E-state index is 0.0103. The number of carbonyl (C=O) groups is 2. The Morgan fingerprint density at radius 2 is 1.84 bits per heavy atom. The Morgan fingerprint density at radius 1 is 1.26 bits per heavy atom. The third-order valence-corrected chi connectivity index (χ3v) is 2.28. The van der Waals surface area contributed by atoms with Crippen LogP contribution in [0.5, 0.6) is 0 Å². The number of nitrogens with zero attached hydrogens (tertiary/aromatic N) is 1. The molecule has 0 spiro atoms. The van der Waals surface area contributed by atoms with Gasteiger partial charge in [-0.2, -0.15) is 0 Å². The van der Waals surface area contributed by atoms with Gasteiger partial charge in [0.1, 0.15) is 11.6 Å². The molecule has 2 amide bonds. The van der Waals surface area contributed by atoms with E-state index in [2.05, 4.69) is 15.6 Å². The largest absolute Gasteiger partial charge is 0.442 e. The fourth-order valence-electron chi connectivity index (χ4n) is 1.66. The van der Waals surface area contributed by atoms with Gasteiger partial charge in [-0.15, -0.1) is 4.99 Å². The number of hydrogen-bond donors (Lipinski definition) is 2. The zero-order chi connectivity index (χ0) is 14.8. The average molecular weight is 269 g/mol. The van der Waals surface area contributed by atoms with Crippen LogP contribution in [-0.4, -0.2) is 29.6 Å². The molecule has 0 aromatic carbocycles. The van der Waals surface area contributed by atoms with Crippen LogP contribution in [0.3, 0.4) is 0 Å². The van der Waals surface area contributed by atoms with Gasteiger partial charge in [0.05, 0.1) is 0 Å². The monoisotopic (exact) mass is 269 g/mol. The lowest BCUT2D eigenvalue weighted by atomic mass is 9.88. The first kappa shape index (κ1) is 15.5. The fourth-order valence-corrected chi connectivity index (χ4v) is 1.66. The Balaban J connectivity index is 2.64. The van der Waals surface area contributed by atoms with Crippen molar-refractivity contribution in [1.82, 2.24) is 10.6 Å². The van der Waals surface area contributed by atoms with Gasteiger partial charge < -0.3 is 10.1 Å². The normalized spacial score (nSPS) is 22.1. The second-order valence-corrected chi connectivity index (χ2v) is 6.89. The molecule has 0 aliphatic carbocycles. The first-order valence-corrected chi connectivity index (χ1v) is 6.35. The molecule has 1 rings (SSSR count). The van der Waals surface area contributed by atoms with Crippen LogP contribution in [0.4, 0.5) is 4.79 Å². The van der Waals surface area contributed by atoms with E-state index >= 15 is 0 Å². The zero-order valence-electron chi connectivity index (χ0n) is 12.5. The summed E-state index contributed by atoms with van der Waals surface area (Å²) in [4.78, 5) is 26.9. The van der Waals surface area contributed by atoms with Crippen molar-refractivity contribution in [2.75, 3.05) is 0 Å². The van der Waals surface area contributed by atoms with Crippen molar-refractivity contribution in [3.05, 3.63) is 0 Å². The van der Waals surface area contributed by atoms with Gasteiger partial charge in [0.2, 0.25) is 11.9 Å². The molecule has 1 unspecified atom stereocenters. The van der Waals surface area contributed by atoms with E-state index in [0.29, 0.717) is 6.42 Å². The molecule has 1 aliphatic heterocycles. The third-order valence-electron chi connectivity index (χ3n) is 2.28. The average Bonchev–Trinajstić information content (AvgIpc) is 2.39. The molecule has 1 atom stereocenters. The summed E-state index contributed by atoms with van der Waals surface area (Å²) in [5.41, 5.74) is -0.592. The van der Waals surface area contributed by atoms with E-state index in [1.54, 1.807) is 20.8 Å². The minimum Gasteiger partial charge on any atom is -0.442 e.